The fourth-order valence-corrected chi connectivity index (χ4v) is 5.09. The highest BCUT2D eigenvalue weighted by molar-refractivity contribution is 7.95. The van der Waals surface area contributed by atoms with Crippen molar-refractivity contribution in [2.75, 3.05) is 0 Å². The molecule has 0 radical (unpaired) electrons. The molecule has 5 heteroatoms. The number of aliphatic hydroxyl groups excluding tert-OH is 1. The van der Waals surface area contributed by atoms with E-state index < -0.39 is 15.9 Å². The van der Waals surface area contributed by atoms with E-state index in [-0.39, 0.29) is 16.2 Å². The van der Waals surface area contributed by atoms with Gasteiger partial charge in [-0.2, -0.15) is 0 Å². The van der Waals surface area contributed by atoms with Crippen LogP contribution in [0.4, 0.5) is 0 Å². The van der Waals surface area contributed by atoms with Gasteiger partial charge in [-0.1, -0.05) is 77.8 Å². The molecule has 154 valence electrons. The highest BCUT2D eigenvalue weighted by atomic mass is 35.5. The van der Waals surface area contributed by atoms with Crippen molar-refractivity contribution < 1.29 is 13.5 Å². The second kappa shape index (κ2) is 9.43. The summed E-state index contributed by atoms with van der Waals surface area (Å²) in [6.07, 6.45) is 0.570. The van der Waals surface area contributed by atoms with E-state index in [1.807, 2.05) is 37.3 Å². The molecule has 1 unspecified atom stereocenters. The number of hydrogen-bond acceptors (Lipinski definition) is 3. The van der Waals surface area contributed by atoms with Gasteiger partial charge in [-0.25, -0.2) is 8.42 Å². The third-order valence-electron chi connectivity index (χ3n) is 4.82. The minimum atomic E-state index is -4.00. The van der Waals surface area contributed by atoms with Crippen LogP contribution >= 0.6 is 11.6 Å². The topological polar surface area (TPSA) is 54.4 Å². The molecule has 0 saturated carbocycles. The van der Waals surface area contributed by atoms with Crippen LogP contribution in [-0.4, -0.2) is 13.5 Å². The highest BCUT2D eigenvalue weighted by Gasteiger charge is 2.31. The Kier molecular flexibility index (Phi) is 6.93. The van der Waals surface area contributed by atoms with Gasteiger partial charge >= 0.3 is 0 Å². The van der Waals surface area contributed by atoms with E-state index in [9.17, 15) is 13.5 Å². The summed E-state index contributed by atoms with van der Waals surface area (Å²) in [4.78, 5) is 0.0772. The SMILES string of the molecule is C=CC/C(=C(\C(O)c1ccc(Cl)cc1)S(=O)(=O)c1ccc(C)cc1)c1ccccc1. The average Bonchev–Trinajstić information content (AvgIpc) is 2.74. The zero-order valence-corrected chi connectivity index (χ0v) is 18.2. The lowest BCUT2D eigenvalue weighted by molar-refractivity contribution is 0.223. The smallest absolute Gasteiger partial charge is 0.206 e. The van der Waals surface area contributed by atoms with Crippen LogP contribution in [0.2, 0.25) is 5.02 Å². The van der Waals surface area contributed by atoms with Gasteiger partial charge in [-0.05, 0) is 54.3 Å². The monoisotopic (exact) mass is 438 g/mol. The normalized spacial score (nSPS) is 13.4. The van der Waals surface area contributed by atoms with Crippen LogP contribution in [-0.2, 0) is 9.84 Å². The maximum Gasteiger partial charge on any atom is 0.206 e. The lowest BCUT2D eigenvalue weighted by Gasteiger charge is -2.21. The second-order valence-electron chi connectivity index (χ2n) is 6.97. The fraction of sp³-hybridized carbons (Fsp3) is 0.120. The first-order valence-electron chi connectivity index (χ1n) is 9.49. The van der Waals surface area contributed by atoms with Gasteiger partial charge in [0.2, 0.25) is 9.84 Å². The molecule has 0 amide bonds. The maximum atomic E-state index is 13.7. The maximum absolute atomic E-state index is 13.7. The third-order valence-corrected chi connectivity index (χ3v) is 7.02. The molecule has 3 nitrogen and oxygen atoms in total. The summed E-state index contributed by atoms with van der Waals surface area (Å²) in [6, 6.07) is 22.3. The van der Waals surface area contributed by atoms with Crippen molar-refractivity contribution in [2.45, 2.75) is 24.3 Å². The van der Waals surface area contributed by atoms with Crippen molar-refractivity contribution in [3.05, 3.63) is 118 Å². The second-order valence-corrected chi connectivity index (χ2v) is 9.33. The zero-order chi connectivity index (χ0) is 21.7. The molecule has 0 fully saturated rings. The Morgan fingerprint density at radius 3 is 2.17 bits per heavy atom. The molecular weight excluding hydrogens is 416 g/mol. The van der Waals surface area contributed by atoms with Crippen molar-refractivity contribution in [1.29, 1.82) is 0 Å². The van der Waals surface area contributed by atoms with E-state index in [0.717, 1.165) is 11.1 Å². The summed E-state index contributed by atoms with van der Waals surface area (Å²) in [5, 5.41) is 11.8. The summed E-state index contributed by atoms with van der Waals surface area (Å²) in [5.41, 5.74) is 2.62. The molecule has 0 aromatic heterocycles. The predicted octanol–water partition coefficient (Wildman–Crippen LogP) is 6.14. The lowest BCUT2D eigenvalue weighted by Crippen LogP contribution is -2.15. The van der Waals surface area contributed by atoms with Gasteiger partial charge in [-0.3, -0.25) is 0 Å². The number of halogens is 1. The van der Waals surface area contributed by atoms with Gasteiger partial charge in [-0.15, -0.1) is 6.58 Å². The fourth-order valence-electron chi connectivity index (χ4n) is 3.26. The first-order chi connectivity index (χ1) is 14.3. The number of sulfone groups is 1. The highest BCUT2D eigenvalue weighted by Crippen LogP contribution is 2.38. The molecule has 0 aliphatic rings. The molecule has 3 aromatic rings. The molecule has 3 rings (SSSR count). The van der Waals surface area contributed by atoms with E-state index in [1.54, 1.807) is 54.6 Å². The van der Waals surface area contributed by atoms with E-state index in [4.69, 9.17) is 11.6 Å². The van der Waals surface area contributed by atoms with Crippen LogP contribution in [0.15, 0.2) is 101 Å². The Labute approximate surface area is 182 Å². The summed E-state index contributed by atoms with van der Waals surface area (Å²) >= 11 is 5.98. The number of benzene rings is 3. The lowest BCUT2D eigenvalue weighted by atomic mass is 9.98. The predicted molar refractivity (Wildman–Crippen MR) is 123 cm³/mol. The molecule has 0 spiro atoms. The van der Waals surface area contributed by atoms with Crippen LogP contribution in [0, 0.1) is 6.92 Å². The first kappa shape index (κ1) is 22.0. The molecule has 1 N–H and O–H groups in total. The van der Waals surface area contributed by atoms with Crippen LogP contribution in [0.25, 0.3) is 5.57 Å². The van der Waals surface area contributed by atoms with Crippen molar-refractivity contribution in [3.63, 3.8) is 0 Å². The van der Waals surface area contributed by atoms with Gasteiger partial charge in [0.05, 0.1) is 9.80 Å². The van der Waals surface area contributed by atoms with Crippen molar-refractivity contribution in [3.8, 4) is 0 Å². The van der Waals surface area contributed by atoms with Crippen LogP contribution < -0.4 is 0 Å². The number of rotatable bonds is 7. The Bertz CT molecular complexity index is 1150. The molecular formula is C25H23ClO3S. The van der Waals surface area contributed by atoms with E-state index in [0.29, 0.717) is 16.2 Å². The van der Waals surface area contributed by atoms with E-state index in [2.05, 4.69) is 6.58 Å². The number of hydrogen-bond donors (Lipinski definition) is 1. The van der Waals surface area contributed by atoms with Gasteiger partial charge in [0.1, 0.15) is 6.10 Å². The standard InChI is InChI=1S/C25H23ClO3S/c1-3-7-23(19-8-5-4-6-9-19)25(24(27)20-12-14-21(26)15-13-20)30(28,29)22-16-10-18(2)11-17-22/h3-6,8-17,24,27H,1,7H2,2H3/b25-23-. The molecule has 1 atom stereocenters. The summed E-state index contributed by atoms with van der Waals surface area (Å²) in [5.74, 6) is 0. The Morgan fingerprint density at radius 1 is 1.00 bits per heavy atom. The Morgan fingerprint density at radius 2 is 1.60 bits per heavy atom. The quantitative estimate of drug-likeness (QED) is 0.450. The van der Waals surface area contributed by atoms with Gasteiger partial charge in [0, 0.05) is 5.02 Å². The van der Waals surface area contributed by atoms with E-state index >= 15 is 0 Å². The van der Waals surface area contributed by atoms with Crippen LogP contribution in [0.5, 0.6) is 0 Å². The Hall–Kier alpha value is -2.66. The van der Waals surface area contributed by atoms with E-state index in [1.165, 1.54) is 0 Å². The molecule has 0 saturated heterocycles. The van der Waals surface area contributed by atoms with Gasteiger partial charge < -0.3 is 5.11 Å². The average molecular weight is 439 g/mol. The third kappa shape index (κ3) is 4.73. The molecule has 30 heavy (non-hydrogen) atoms. The number of allylic oxidation sites excluding steroid dienone is 2. The van der Waals surface area contributed by atoms with Gasteiger partial charge in [0.25, 0.3) is 0 Å². The van der Waals surface area contributed by atoms with Crippen LogP contribution in [0.3, 0.4) is 0 Å². The summed E-state index contributed by atoms with van der Waals surface area (Å²) in [7, 11) is -4.00. The molecule has 3 aromatic carbocycles. The van der Waals surface area contributed by atoms with Crippen molar-refractivity contribution in [1.82, 2.24) is 0 Å². The molecule has 0 aliphatic heterocycles. The number of aryl methyl sites for hydroxylation is 1. The van der Waals surface area contributed by atoms with Crippen LogP contribution in [0.1, 0.15) is 29.2 Å². The minimum absolute atomic E-state index is 0.0558. The molecule has 0 heterocycles. The molecule has 0 aliphatic carbocycles. The van der Waals surface area contributed by atoms with Crippen molar-refractivity contribution >= 4 is 27.0 Å². The molecule has 0 bridgehead atoms. The minimum Gasteiger partial charge on any atom is -0.383 e. The Balaban J connectivity index is 2.30. The summed E-state index contributed by atoms with van der Waals surface area (Å²) in [6.45, 7) is 5.68. The van der Waals surface area contributed by atoms with Crippen molar-refractivity contribution in [2.24, 2.45) is 0 Å². The summed E-state index contributed by atoms with van der Waals surface area (Å²) < 4.78 is 27.5. The first-order valence-corrected chi connectivity index (χ1v) is 11.4. The van der Waals surface area contributed by atoms with Gasteiger partial charge in [0.15, 0.2) is 0 Å². The largest absolute Gasteiger partial charge is 0.383 e. The number of aliphatic hydroxyl groups is 1. The zero-order valence-electron chi connectivity index (χ0n) is 16.6.